The average Bonchev–Trinajstić information content (AvgIpc) is 3.11. The van der Waals surface area contributed by atoms with Crippen LogP contribution in [0.25, 0.3) is 12.2 Å². The molecule has 0 saturated heterocycles. The van der Waals surface area contributed by atoms with Crippen LogP contribution in [-0.2, 0) is 49.4 Å². The smallest absolute Gasteiger partial charge is 0.166 e. The van der Waals surface area contributed by atoms with Crippen LogP contribution >= 0.6 is 0 Å². The Bertz CT molecular complexity index is 2230. The van der Waals surface area contributed by atoms with Crippen LogP contribution in [0, 0.1) is 11.8 Å². The molecule has 0 radical (unpaired) electrons. The highest BCUT2D eigenvalue weighted by atomic mass is 19.4. The summed E-state index contributed by atoms with van der Waals surface area (Å²) in [6, 6.07) is -1.12. The van der Waals surface area contributed by atoms with Crippen molar-refractivity contribution in [3.8, 4) is 0 Å². The standard InChI is InChI=1S/C40H20F24/c41-33(42,43)19-5-1-17(27(13-19)37(53,54)55)3-9-25-31(23-11-7-21(35(47,48)49)15-29(23)39(59,60)61)26(10-4-18-2-6-20(34(44,45)46)14-28(18)38(56,57)58)32(25)24-12-8-22(36(50,51)52)16-30(24)40(62,63)64/h1-16,25-26,31-32H/b9-3+,10-4+. The van der Waals surface area contributed by atoms with E-state index in [4.69, 9.17) is 0 Å². The van der Waals surface area contributed by atoms with Gasteiger partial charge >= 0.3 is 49.4 Å². The van der Waals surface area contributed by atoms with Gasteiger partial charge in [0.1, 0.15) is 0 Å². The van der Waals surface area contributed by atoms with Crippen molar-refractivity contribution in [2.45, 2.75) is 61.2 Å². The van der Waals surface area contributed by atoms with Crippen molar-refractivity contribution >= 4 is 12.2 Å². The van der Waals surface area contributed by atoms with Crippen LogP contribution in [0.15, 0.2) is 84.9 Å². The molecule has 0 atom stereocenters. The van der Waals surface area contributed by atoms with E-state index < -0.39 is 164 Å². The monoisotopic (exact) mass is 956 g/mol. The van der Waals surface area contributed by atoms with Crippen LogP contribution < -0.4 is 0 Å². The summed E-state index contributed by atoms with van der Waals surface area (Å²) >= 11 is 0. The molecular formula is C40H20F24. The summed E-state index contributed by atoms with van der Waals surface area (Å²) < 4.78 is 335. The molecule has 4 aromatic carbocycles. The Morgan fingerprint density at radius 3 is 0.750 bits per heavy atom. The third kappa shape index (κ3) is 10.6. The fourth-order valence-corrected chi connectivity index (χ4v) is 7.34. The number of halogens is 24. The molecule has 348 valence electrons. The van der Waals surface area contributed by atoms with Gasteiger partial charge in [-0.25, -0.2) is 0 Å². The van der Waals surface area contributed by atoms with E-state index in [0.717, 1.165) is 0 Å². The second-order valence-electron chi connectivity index (χ2n) is 14.1. The molecule has 0 heterocycles. The Morgan fingerprint density at radius 1 is 0.281 bits per heavy atom. The molecular weight excluding hydrogens is 936 g/mol. The van der Waals surface area contributed by atoms with E-state index in [1.54, 1.807) is 0 Å². The second-order valence-corrected chi connectivity index (χ2v) is 14.1. The molecule has 64 heavy (non-hydrogen) atoms. The molecule has 1 saturated carbocycles. The summed E-state index contributed by atoms with van der Waals surface area (Å²) in [6.45, 7) is 0. The zero-order chi connectivity index (χ0) is 48.6. The zero-order valence-electron chi connectivity index (χ0n) is 30.6. The molecule has 24 heteroatoms. The van der Waals surface area contributed by atoms with Crippen molar-refractivity contribution in [1.29, 1.82) is 0 Å². The van der Waals surface area contributed by atoms with Gasteiger partial charge in [0, 0.05) is 0 Å². The van der Waals surface area contributed by atoms with Gasteiger partial charge in [0.2, 0.25) is 0 Å². The highest BCUT2D eigenvalue weighted by Crippen LogP contribution is 2.62. The lowest BCUT2D eigenvalue weighted by Gasteiger charge is -2.52. The van der Waals surface area contributed by atoms with Gasteiger partial charge in [-0.3, -0.25) is 0 Å². The number of rotatable bonds is 6. The van der Waals surface area contributed by atoms with Crippen LogP contribution in [0.4, 0.5) is 105 Å². The van der Waals surface area contributed by atoms with Crippen LogP contribution in [0.2, 0.25) is 0 Å². The van der Waals surface area contributed by atoms with Gasteiger partial charge in [-0.1, -0.05) is 48.6 Å². The molecule has 1 aliphatic carbocycles. The molecule has 0 bridgehead atoms. The highest BCUT2D eigenvalue weighted by molar-refractivity contribution is 5.61. The number of hydrogen-bond acceptors (Lipinski definition) is 0. The van der Waals surface area contributed by atoms with Crippen molar-refractivity contribution in [3.05, 3.63) is 152 Å². The fraction of sp³-hybridized carbons (Fsp3) is 0.300. The highest BCUT2D eigenvalue weighted by Gasteiger charge is 2.55. The predicted molar refractivity (Wildman–Crippen MR) is 176 cm³/mol. The normalized spacial score (nSPS) is 19.8. The fourth-order valence-electron chi connectivity index (χ4n) is 7.34. The van der Waals surface area contributed by atoms with E-state index >= 15 is 0 Å². The first-order chi connectivity index (χ1) is 28.8. The average molecular weight is 957 g/mol. The molecule has 0 aromatic heterocycles. The van der Waals surface area contributed by atoms with E-state index in [1.165, 1.54) is 0 Å². The maximum absolute atomic E-state index is 14.6. The molecule has 0 aliphatic heterocycles. The quantitative estimate of drug-likeness (QED) is 0.169. The van der Waals surface area contributed by atoms with Crippen LogP contribution in [0.3, 0.4) is 0 Å². The summed E-state index contributed by atoms with van der Waals surface area (Å²) in [6.07, 6.45) is -43.7. The number of hydrogen-bond donors (Lipinski definition) is 0. The Hall–Kier alpha value is -5.32. The van der Waals surface area contributed by atoms with E-state index in [2.05, 4.69) is 0 Å². The molecule has 1 aliphatic rings. The van der Waals surface area contributed by atoms with Gasteiger partial charge in [-0.2, -0.15) is 105 Å². The van der Waals surface area contributed by atoms with Gasteiger partial charge in [0.05, 0.1) is 44.5 Å². The van der Waals surface area contributed by atoms with Crippen molar-refractivity contribution in [2.75, 3.05) is 0 Å². The zero-order valence-corrected chi connectivity index (χ0v) is 30.6. The molecule has 0 N–H and O–H groups in total. The summed E-state index contributed by atoms with van der Waals surface area (Å²) in [5.74, 6) is -9.12. The maximum Gasteiger partial charge on any atom is 0.417 e. The Balaban J connectivity index is 1.89. The minimum absolute atomic E-state index is 0.00789. The first-order valence-electron chi connectivity index (χ1n) is 17.3. The second kappa shape index (κ2) is 16.3. The van der Waals surface area contributed by atoms with Gasteiger partial charge in [-0.05, 0) is 94.5 Å². The van der Waals surface area contributed by atoms with Crippen LogP contribution in [0.1, 0.15) is 78.6 Å². The van der Waals surface area contributed by atoms with Gasteiger partial charge in [0.15, 0.2) is 0 Å². The molecule has 0 nitrogen and oxygen atoms in total. The minimum atomic E-state index is -5.84. The van der Waals surface area contributed by atoms with Crippen LogP contribution in [0.5, 0.6) is 0 Å². The maximum atomic E-state index is 14.6. The molecule has 0 unspecified atom stereocenters. The lowest BCUT2D eigenvalue weighted by Crippen LogP contribution is -2.43. The Kier molecular flexibility index (Phi) is 12.6. The van der Waals surface area contributed by atoms with Crippen LogP contribution in [-0.4, -0.2) is 0 Å². The third-order valence-corrected chi connectivity index (χ3v) is 10.1. The SMILES string of the molecule is FC(F)(F)c1ccc(/C=C/C2C(c3ccc(C(F)(F)F)cc3C(F)(F)F)C(/C=C/c3ccc(C(F)(F)F)cc3C(F)(F)F)C2c2ccc(C(F)(F)F)cc2C(F)(F)F)c(C(F)(F)F)c1. The number of allylic oxidation sites excluding steroid dienone is 2. The van der Waals surface area contributed by atoms with Crippen molar-refractivity contribution in [3.63, 3.8) is 0 Å². The topological polar surface area (TPSA) is 0 Å². The van der Waals surface area contributed by atoms with E-state index in [-0.39, 0.29) is 60.7 Å². The third-order valence-electron chi connectivity index (χ3n) is 10.1. The summed E-state index contributed by atoms with van der Waals surface area (Å²) in [5, 5.41) is 0. The summed E-state index contributed by atoms with van der Waals surface area (Å²) in [5.41, 5.74) is -21.6. The van der Waals surface area contributed by atoms with Gasteiger partial charge < -0.3 is 0 Å². The number of benzene rings is 4. The summed E-state index contributed by atoms with van der Waals surface area (Å²) in [4.78, 5) is 0. The van der Waals surface area contributed by atoms with Crippen molar-refractivity contribution in [1.82, 2.24) is 0 Å². The van der Waals surface area contributed by atoms with E-state index in [1.807, 2.05) is 0 Å². The van der Waals surface area contributed by atoms with E-state index in [9.17, 15) is 105 Å². The molecule has 0 spiro atoms. The summed E-state index contributed by atoms with van der Waals surface area (Å²) in [7, 11) is 0. The first kappa shape index (κ1) is 49.7. The lowest BCUT2D eigenvalue weighted by molar-refractivity contribution is -0.145. The molecule has 1 fully saturated rings. The van der Waals surface area contributed by atoms with Gasteiger partial charge in [-0.15, -0.1) is 0 Å². The lowest BCUT2D eigenvalue weighted by atomic mass is 9.51. The predicted octanol–water partition coefficient (Wildman–Crippen LogP) is 16.4. The minimum Gasteiger partial charge on any atom is -0.166 e. The van der Waals surface area contributed by atoms with Crippen molar-refractivity contribution in [2.24, 2.45) is 11.8 Å². The molecule has 4 aromatic rings. The van der Waals surface area contributed by atoms with Crippen molar-refractivity contribution < 1.29 is 105 Å². The van der Waals surface area contributed by atoms with Gasteiger partial charge in [0.25, 0.3) is 0 Å². The largest absolute Gasteiger partial charge is 0.417 e. The Labute approximate surface area is 342 Å². The first-order valence-corrected chi connectivity index (χ1v) is 17.3. The molecule has 0 amide bonds. The molecule has 5 rings (SSSR count). The Morgan fingerprint density at radius 2 is 0.516 bits per heavy atom. The van der Waals surface area contributed by atoms with E-state index in [0.29, 0.717) is 12.2 Å². The number of alkyl halides is 24.